The number of para-hydroxylation sites is 1. The van der Waals surface area contributed by atoms with Gasteiger partial charge in [0.2, 0.25) is 0 Å². The first-order valence-corrected chi connectivity index (χ1v) is 8.86. The molecule has 0 aromatic heterocycles. The van der Waals surface area contributed by atoms with Gasteiger partial charge in [-0.15, -0.1) is 0 Å². The van der Waals surface area contributed by atoms with Gasteiger partial charge in [0, 0.05) is 15.6 Å². The minimum atomic E-state index is -0.267. The number of benzene rings is 3. The molecule has 0 unspecified atom stereocenters. The molecule has 3 rings (SSSR count). The summed E-state index contributed by atoms with van der Waals surface area (Å²) in [6.07, 6.45) is 1.58. The van der Waals surface area contributed by atoms with Crippen molar-refractivity contribution in [3.63, 3.8) is 0 Å². The molecule has 3 aromatic carbocycles. The number of rotatable bonds is 6. The molecule has 4 nitrogen and oxygen atoms in total. The molecule has 3 aromatic rings. The minimum absolute atomic E-state index is 0.267. The van der Waals surface area contributed by atoms with E-state index in [4.69, 9.17) is 4.74 Å². The fourth-order valence-electron chi connectivity index (χ4n) is 2.28. The Hall–Kier alpha value is -2.92. The first-order chi connectivity index (χ1) is 12.7. The Morgan fingerprint density at radius 2 is 1.65 bits per heavy atom. The average Bonchev–Trinajstić information content (AvgIpc) is 2.68. The number of halogens is 1. The number of hydrogen-bond acceptors (Lipinski definition) is 3. The zero-order valence-electron chi connectivity index (χ0n) is 13.9. The number of hydrogen-bond donors (Lipinski definition) is 1. The van der Waals surface area contributed by atoms with Gasteiger partial charge in [-0.1, -0.05) is 58.4 Å². The van der Waals surface area contributed by atoms with E-state index >= 15 is 0 Å². The second kappa shape index (κ2) is 8.97. The molecule has 0 radical (unpaired) electrons. The van der Waals surface area contributed by atoms with Crippen molar-refractivity contribution in [1.29, 1.82) is 0 Å². The fraction of sp³-hybridized carbons (Fsp3) is 0.0476. The number of hydrazone groups is 1. The van der Waals surface area contributed by atoms with Gasteiger partial charge in [-0.05, 0) is 42.0 Å². The van der Waals surface area contributed by atoms with Crippen LogP contribution in [0.5, 0.6) is 5.75 Å². The van der Waals surface area contributed by atoms with Crippen molar-refractivity contribution in [3.8, 4) is 5.75 Å². The van der Waals surface area contributed by atoms with Crippen LogP contribution in [0.25, 0.3) is 0 Å². The maximum absolute atomic E-state index is 12.1. The van der Waals surface area contributed by atoms with Crippen LogP contribution in [-0.4, -0.2) is 12.1 Å². The lowest BCUT2D eigenvalue weighted by Crippen LogP contribution is -2.17. The van der Waals surface area contributed by atoms with Gasteiger partial charge in [-0.3, -0.25) is 4.79 Å². The summed E-state index contributed by atoms with van der Waals surface area (Å²) >= 11 is 3.34. The number of amides is 1. The fourth-order valence-corrected chi connectivity index (χ4v) is 2.54. The molecule has 0 heterocycles. The summed E-state index contributed by atoms with van der Waals surface area (Å²) in [7, 11) is 0. The van der Waals surface area contributed by atoms with Crippen molar-refractivity contribution in [3.05, 3.63) is 100 Å². The van der Waals surface area contributed by atoms with Gasteiger partial charge < -0.3 is 4.74 Å². The van der Waals surface area contributed by atoms with Crippen molar-refractivity contribution in [2.75, 3.05) is 0 Å². The number of nitrogens with zero attached hydrogens (tertiary/aromatic N) is 1. The SMILES string of the molecule is O=C(N/N=C/c1ccccc1OCc1ccccc1)c1ccc(Br)cc1. The maximum Gasteiger partial charge on any atom is 0.271 e. The number of ether oxygens (including phenoxy) is 1. The Labute approximate surface area is 160 Å². The summed E-state index contributed by atoms with van der Waals surface area (Å²) in [4.78, 5) is 12.1. The highest BCUT2D eigenvalue weighted by Gasteiger charge is 2.04. The van der Waals surface area contributed by atoms with Crippen molar-refractivity contribution in [2.45, 2.75) is 6.61 Å². The van der Waals surface area contributed by atoms with E-state index in [-0.39, 0.29) is 5.91 Å². The molecule has 26 heavy (non-hydrogen) atoms. The molecule has 5 heteroatoms. The lowest BCUT2D eigenvalue weighted by Gasteiger charge is -2.09. The highest BCUT2D eigenvalue weighted by Crippen LogP contribution is 2.17. The summed E-state index contributed by atoms with van der Waals surface area (Å²) in [6.45, 7) is 0.469. The Morgan fingerprint density at radius 1 is 0.962 bits per heavy atom. The smallest absolute Gasteiger partial charge is 0.271 e. The van der Waals surface area contributed by atoms with Gasteiger partial charge in [-0.2, -0.15) is 5.10 Å². The van der Waals surface area contributed by atoms with Crippen LogP contribution in [0, 0.1) is 0 Å². The van der Waals surface area contributed by atoms with E-state index in [0.717, 1.165) is 15.6 Å². The highest BCUT2D eigenvalue weighted by molar-refractivity contribution is 9.10. The molecule has 0 spiro atoms. The van der Waals surface area contributed by atoms with Crippen molar-refractivity contribution in [2.24, 2.45) is 5.10 Å². The van der Waals surface area contributed by atoms with Crippen molar-refractivity contribution in [1.82, 2.24) is 5.43 Å². The Bertz CT molecular complexity index is 893. The zero-order chi connectivity index (χ0) is 18.2. The molecular weight excluding hydrogens is 392 g/mol. The molecule has 0 aliphatic heterocycles. The molecule has 0 bridgehead atoms. The van der Waals surface area contributed by atoms with Gasteiger partial charge in [-0.25, -0.2) is 5.43 Å². The van der Waals surface area contributed by atoms with Gasteiger partial charge in [0.1, 0.15) is 12.4 Å². The molecule has 0 aliphatic carbocycles. The van der Waals surface area contributed by atoms with E-state index in [1.165, 1.54) is 0 Å². The third-order valence-electron chi connectivity index (χ3n) is 3.63. The zero-order valence-corrected chi connectivity index (χ0v) is 15.5. The highest BCUT2D eigenvalue weighted by atomic mass is 79.9. The summed E-state index contributed by atoms with van der Waals surface area (Å²) < 4.78 is 6.79. The second-order valence-corrected chi connectivity index (χ2v) is 6.43. The van der Waals surface area contributed by atoms with Crippen molar-refractivity contribution < 1.29 is 9.53 Å². The van der Waals surface area contributed by atoms with E-state index in [0.29, 0.717) is 17.9 Å². The first-order valence-electron chi connectivity index (χ1n) is 8.07. The Morgan fingerprint density at radius 3 is 2.42 bits per heavy atom. The van der Waals surface area contributed by atoms with Crippen LogP contribution in [0.15, 0.2) is 88.4 Å². The van der Waals surface area contributed by atoms with E-state index in [1.54, 1.807) is 18.3 Å². The topological polar surface area (TPSA) is 50.7 Å². The van der Waals surface area contributed by atoms with Gasteiger partial charge >= 0.3 is 0 Å². The van der Waals surface area contributed by atoms with E-state index in [9.17, 15) is 4.79 Å². The summed E-state index contributed by atoms with van der Waals surface area (Å²) in [5, 5.41) is 4.04. The molecule has 0 aliphatic rings. The van der Waals surface area contributed by atoms with Crippen molar-refractivity contribution >= 4 is 28.1 Å². The Kier molecular flexibility index (Phi) is 6.17. The molecule has 0 fully saturated rings. The average molecular weight is 409 g/mol. The number of carbonyl (C=O) groups excluding carboxylic acids is 1. The van der Waals surface area contributed by atoms with Gasteiger partial charge in [0.15, 0.2) is 0 Å². The molecule has 1 amide bonds. The van der Waals surface area contributed by atoms with Crippen LogP contribution in [0.2, 0.25) is 0 Å². The minimum Gasteiger partial charge on any atom is -0.488 e. The van der Waals surface area contributed by atoms with Crippen LogP contribution >= 0.6 is 15.9 Å². The molecule has 0 atom stereocenters. The van der Waals surface area contributed by atoms with E-state index < -0.39 is 0 Å². The molecule has 0 saturated heterocycles. The summed E-state index contributed by atoms with van der Waals surface area (Å²) in [5.41, 5.74) is 4.95. The van der Waals surface area contributed by atoms with Gasteiger partial charge in [0.05, 0.1) is 6.21 Å². The quantitative estimate of drug-likeness (QED) is 0.470. The van der Waals surface area contributed by atoms with Crippen LogP contribution in [0.1, 0.15) is 21.5 Å². The monoisotopic (exact) mass is 408 g/mol. The van der Waals surface area contributed by atoms with Crippen LogP contribution in [0.3, 0.4) is 0 Å². The van der Waals surface area contributed by atoms with Gasteiger partial charge in [0.25, 0.3) is 5.91 Å². The Balaban J connectivity index is 1.63. The predicted molar refractivity (Wildman–Crippen MR) is 106 cm³/mol. The van der Waals surface area contributed by atoms with E-state index in [1.807, 2.05) is 66.7 Å². The van der Waals surface area contributed by atoms with E-state index in [2.05, 4.69) is 26.5 Å². The van der Waals surface area contributed by atoms with Crippen LogP contribution in [-0.2, 0) is 6.61 Å². The molecule has 130 valence electrons. The van der Waals surface area contributed by atoms with Crippen LogP contribution < -0.4 is 10.2 Å². The molecule has 0 saturated carbocycles. The first kappa shape index (κ1) is 17.9. The number of nitrogens with one attached hydrogen (secondary N) is 1. The normalized spacial score (nSPS) is 10.7. The number of carbonyl (C=O) groups is 1. The second-order valence-electron chi connectivity index (χ2n) is 5.52. The predicted octanol–water partition coefficient (Wildman–Crippen LogP) is 4.79. The summed E-state index contributed by atoms with van der Waals surface area (Å²) in [5.74, 6) is 0.439. The third kappa shape index (κ3) is 5.04. The summed E-state index contributed by atoms with van der Waals surface area (Å²) in [6, 6.07) is 24.6. The lowest BCUT2D eigenvalue weighted by molar-refractivity contribution is 0.0955. The molecule has 1 N–H and O–H groups in total. The standard InChI is InChI=1S/C21H17BrN2O2/c22-19-12-10-17(11-13-19)21(25)24-23-14-18-8-4-5-9-20(18)26-15-16-6-2-1-3-7-16/h1-14H,15H2,(H,24,25)/b23-14+. The van der Waals surface area contributed by atoms with Crippen LogP contribution in [0.4, 0.5) is 0 Å². The third-order valence-corrected chi connectivity index (χ3v) is 4.16. The lowest BCUT2D eigenvalue weighted by atomic mass is 10.2. The largest absolute Gasteiger partial charge is 0.488 e. The maximum atomic E-state index is 12.1. The molecular formula is C21H17BrN2O2.